The van der Waals surface area contributed by atoms with E-state index in [2.05, 4.69) is 20.9 Å². The van der Waals surface area contributed by atoms with Crippen molar-refractivity contribution in [3.8, 4) is 0 Å². The highest BCUT2D eigenvalue weighted by Gasteiger charge is 2.06. The fourth-order valence-corrected chi connectivity index (χ4v) is 2.16. The Kier molecular flexibility index (Phi) is 6.91. The van der Waals surface area contributed by atoms with Gasteiger partial charge in [-0.05, 0) is 36.8 Å². The third kappa shape index (κ3) is 6.23. The summed E-state index contributed by atoms with van der Waals surface area (Å²) in [5.74, 6) is -0.338. The molecule has 0 radical (unpaired) electrons. The Morgan fingerprint density at radius 3 is 2.60 bits per heavy atom. The number of hydrogen-bond acceptors (Lipinski definition) is 5. The van der Waals surface area contributed by atoms with Crippen LogP contribution in [0, 0.1) is 0 Å². The zero-order valence-corrected chi connectivity index (χ0v) is 14.3. The maximum Gasteiger partial charge on any atom is 0.269 e. The molecule has 2 aromatic rings. The minimum atomic E-state index is -0.213. The van der Waals surface area contributed by atoms with Gasteiger partial charge in [0.15, 0.2) is 0 Å². The molecule has 0 fully saturated rings. The lowest BCUT2D eigenvalue weighted by molar-refractivity contribution is -0.114. The number of nitrogens with one attached hydrogen (secondary N) is 3. The molecule has 3 N–H and O–H groups in total. The lowest BCUT2D eigenvalue weighted by atomic mass is 10.2. The SMILES string of the molecule is COCCCNC(=O)c1ccc(Nc2cccc(NC(C)=O)c2)cn1. The fraction of sp³-hybridized carbons (Fsp3) is 0.278. The summed E-state index contributed by atoms with van der Waals surface area (Å²) in [5.41, 5.74) is 2.62. The molecule has 7 nitrogen and oxygen atoms in total. The Morgan fingerprint density at radius 2 is 1.92 bits per heavy atom. The van der Waals surface area contributed by atoms with E-state index in [1.807, 2.05) is 24.3 Å². The van der Waals surface area contributed by atoms with Crippen molar-refractivity contribution in [2.24, 2.45) is 0 Å². The molecule has 0 aliphatic carbocycles. The molecule has 0 unspecified atom stereocenters. The van der Waals surface area contributed by atoms with Crippen LogP contribution in [0.5, 0.6) is 0 Å². The maximum atomic E-state index is 11.9. The van der Waals surface area contributed by atoms with Gasteiger partial charge in [0.2, 0.25) is 5.91 Å². The van der Waals surface area contributed by atoms with Gasteiger partial charge < -0.3 is 20.7 Å². The van der Waals surface area contributed by atoms with Crippen LogP contribution in [0.15, 0.2) is 42.6 Å². The van der Waals surface area contributed by atoms with Gasteiger partial charge in [-0.3, -0.25) is 9.59 Å². The number of hydrogen-bond donors (Lipinski definition) is 3. The van der Waals surface area contributed by atoms with Crippen molar-refractivity contribution >= 4 is 28.9 Å². The van der Waals surface area contributed by atoms with Crippen molar-refractivity contribution in [3.63, 3.8) is 0 Å². The number of nitrogens with zero attached hydrogens (tertiary/aromatic N) is 1. The van der Waals surface area contributed by atoms with Gasteiger partial charge in [-0.2, -0.15) is 0 Å². The van der Waals surface area contributed by atoms with Crippen LogP contribution in [-0.4, -0.2) is 37.1 Å². The van der Waals surface area contributed by atoms with Crippen LogP contribution >= 0.6 is 0 Å². The van der Waals surface area contributed by atoms with E-state index in [1.54, 1.807) is 25.4 Å². The van der Waals surface area contributed by atoms with Crippen molar-refractivity contribution in [3.05, 3.63) is 48.3 Å². The Hall–Kier alpha value is -2.93. The molecule has 1 aromatic carbocycles. The minimum absolute atomic E-state index is 0.125. The zero-order chi connectivity index (χ0) is 18.1. The molecule has 132 valence electrons. The van der Waals surface area contributed by atoms with E-state index in [9.17, 15) is 9.59 Å². The molecule has 0 saturated heterocycles. The second-order valence-corrected chi connectivity index (χ2v) is 5.42. The fourth-order valence-electron chi connectivity index (χ4n) is 2.16. The first-order valence-electron chi connectivity index (χ1n) is 7.96. The molecule has 1 heterocycles. The third-order valence-electron chi connectivity index (χ3n) is 3.28. The Morgan fingerprint density at radius 1 is 1.12 bits per heavy atom. The second-order valence-electron chi connectivity index (χ2n) is 5.42. The van der Waals surface area contributed by atoms with Crippen molar-refractivity contribution in [1.82, 2.24) is 10.3 Å². The third-order valence-corrected chi connectivity index (χ3v) is 3.28. The summed E-state index contributed by atoms with van der Waals surface area (Å²) in [7, 11) is 1.63. The van der Waals surface area contributed by atoms with Crippen molar-refractivity contribution < 1.29 is 14.3 Å². The van der Waals surface area contributed by atoms with Crippen LogP contribution in [0.4, 0.5) is 17.1 Å². The average Bonchev–Trinajstić information content (AvgIpc) is 2.59. The number of pyridine rings is 1. The quantitative estimate of drug-likeness (QED) is 0.641. The number of methoxy groups -OCH3 is 1. The van der Waals surface area contributed by atoms with Crippen LogP contribution < -0.4 is 16.0 Å². The number of carbonyl (C=O) groups excluding carboxylic acids is 2. The highest BCUT2D eigenvalue weighted by atomic mass is 16.5. The van der Waals surface area contributed by atoms with Gasteiger partial charge in [0.05, 0.1) is 11.9 Å². The molecule has 0 aliphatic heterocycles. The second kappa shape index (κ2) is 9.39. The molecule has 2 amide bonds. The number of anilines is 3. The average molecular weight is 342 g/mol. The summed E-state index contributed by atoms with van der Waals surface area (Å²) in [6.45, 7) is 2.61. The molecular weight excluding hydrogens is 320 g/mol. The van der Waals surface area contributed by atoms with Crippen LogP contribution in [0.1, 0.15) is 23.8 Å². The van der Waals surface area contributed by atoms with E-state index >= 15 is 0 Å². The highest BCUT2D eigenvalue weighted by Crippen LogP contribution is 2.19. The Balaban J connectivity index is 1.94. The largest absolute Gasteiger partial charge is 0.385 e. The number of aromatic nitrogens is 1. The Bertz CT molecular complexity index is 717. The first-order valence-corrected chi connectivity index (χ1v) is 7.96. The van der Waals surface area contributed by atoms with Crippen LogP contribution in [0.25, 0.3) is 0 Å². The highest BCUT2D eigenvalue weighted by molar-refractivity contribution is 5.92. The molecule has 25 heavy (non-hydrogen) atoms. The predicted octanol–water partition coefficient (Wildman–Crippen LogP) is 2.55. The van der Waals surface area contributed by atoms with E-state index in [1.165, 1.54) is 6.92 Å². The van der Waals surface area contributed by atoms with Gasteiger partial charge in [-0.15, -0.1) is 0 Å². The van der Waals surface area contributed by atoms with Crippen LogP contribution in [0.3, 0.4) is 0 Å². The van der Waals surface area contributed by atoms with E-state index in [0.717, 1.165) is 17.8 Å². The number of rotatable bonds is 8. The molecule has 7 heteroatoms. The first-order chi connectivity index (χ1) is 12.1. The lowest BCUT2D eigenvalue weighted by Crippen LogP contribution is -2.26. The molecule has 1 aromatic heterocycles. The van der Waals surface area contributed by atoms with Crippen molar-refractivity contribution in [2.75, 3.05) is 30.9 Å². The summed E-state index contributed by atoms with van der Waals surface area (Å²) < 4.78 is 4.93. The molecule has 0 atom stereocenters. The van der Waals surface area contributed by atoms with Crippen LogP contribution in [-0.2, 0) is 9.53 Å². The van der Waals surface area contributed by atoms with Gasteiger partial charge >= 0.3 is 0 Å². The minimum Gasteiger partial charge on any atom is -0.385 e. The first kappa shape index (κ1) is 18.4. The monoisotopic (exact) mass is 342 g/mol. The molecule has 0 bridgehead atoms. The number of benzene rings is 1. The topological polar surface area (TPSA) is 92.4 Å². The van der Waals surface area contributed by atoms with Gasteiger partial charge in [0, 0.05) is 38.6 Å². The summed E-state index contributed by atoms with van der Waals surface area (Å²) in [4.78, 5) is 27.2. The summed E-state index contributed by atoms with van der Waals surface area (Å²) in [6, 6.07) is 10.8. The number of carbonyl (C=O) groups is 2. The van der Waals surface area contributed by atoms with E-state index in [0.29, 0.717) is 24.5 Å². The lowest BCUT2D eigenvalue weighted by Gasteiger charge is -2.09. The van der Waals surface area contributed by atoms with Gasteiger partial charge in [0.25, 0.3) is 5.91 Å². The Labute approximate surface area is 146 Å². The summed E-state index contributed by atoms with van der Waals surface area (Å²) >= 11 is 0. The molecule has 2 rings (SSSR count). The summed E-state index contributed by atoms with van der Waals surface area (Å²) in [6.07, 6.45) is 2.35. The normalized spacial score (nSPS) is 10.2. The smallest absolute Gasteiger partial charge is 0.269 e. The van der Waals surface area contributed by atoms with E-state index in [-0.39, 0.29) is 11.8 Å². The zero-order valence-electron chi connectivity index (χ0n) is 14.3. The van der Waals surface area contributed by atoms with Gasteiger partial charge in [-0.1, -0.05) is 6.07 Å². The van der Waals surface area contributed by atoms with Gasteiger partial charge in [0.1, 0.15) is 5.69 Å². The molecule has 0 spiro atoms. The molecule has 0 aliphatic rings. The molecule has 0 saturated carbocycles. The van der Waals surface area contributed by atoms with Crippen molar-refractivity contribution in [1.29, 1.82) is 0 Å². The molecular formula is C18H22N4O3. The standard InChI is InChI=1S/C18H22N4O3/c1-13(23)21-14-5-3-6-15(11-14)22-16-7-8-17(20-12-16)18(24)19-9-4-10-25-2/h3,5-8,11-12,22H,4,9-10H2,1-2H3,(H,19,24)(H,21,23). The van der Waals surface area contributed by atoms with Crippen molar-refractivity contribution in [2.45, 2.75) is 13.3 Å². The number of amides is 2. The van der Waals surface area contributed by atoms with E-state index < -0.39 is 0 Å². The van der Waals surface area contributed by atoms with E-state index in [4.69, 9.17) is 4.74 Å². The number of ether oxygens (including phenoxy) is 1. The maximum absolute atomic E-state index is 11.9. The van der Waals surface area contributed by atoms with Gasteiger partial charge in [-0.25, -0.2) is 4.98 Å². The van der Waals surface area contributed by atoms with Crippen LogP contribution in [0.2, 0.25) is 0 Å². The predicted molar refractivity (Wildman–Crippen MR) is 97.1 cm³/mol. The summed E-state index contributed by atoms with van der Waals surface area (Å²) in [5, 5.41) is 8.70.